The van der Waals surface area contributed by atoms with Gasteiger partial charge in [-0.2, -0.15) is 36.7 Å². The first-order valence-electron chi connectivity index (χ1n) is 24.7. The number of aromatic amines is 1. The molecule has 9 atom stereocenters. The number of nitrogens with one attached hydrogen (secondary N) is 1. The van der Waals surface area contributed by atoms with Gasteiger partial charge in [-0.1, -0.05) is 34.8 Å². The van der Waals surface area contributed by atoms with E-state index in [1.807, 2.05) is 77.8 Å². The fourth-order valence-corrected chi connectivity index (χ4v) is 15.3. The third-order valence-electron chi connectivity index (χ3n) is 14.4. The molecule has 0 aliphatic carbocycles. The molecule has 6 fully saturated rings. The first kappa shape index (κ1) is 62.2. The van der Waals surface area contributed by atoms with Gasteiger partial charge in [0.1, 0.15) is 36.3 Å². The van der Waals surface area contributed by atoms with Gasteiger partial charge in [0.2, 0.25) is 0 Å². The Bertz CT molecular complexity index is 2560. The average molecular weight is 1200 g/mol. The standard InChI is InChI=1S/C17H21ClN4OS.C16H19ClN2OS.C14H18ClNOS.2C2HF3O2/c1-22-11-2-3-12(22)7-14(6-11)24-16-5-4-13(8-15(16)18)23-9-17-19-10-20-21-17;1-19-11-2-3-12(19)9-14(8-11)21-16-5-4-13(10-15(16)17)20-7-6-18;1-16-9-2-3-10(16)7-12(6-9)18-14-5-4-11(17)8-13(14)15;2*3-2(4,5)1(6)7/h4-5,8,10-12,14H,2-3,6-7,9H2,1H3,(H,19,20,21);4-5,10-12,14H,2-3,7-9H2,1H3;4-5,8-10,12,17H,2-3,6-7H2,1H3;2*(H,6,7)/t2*11-,12+,14?;9-,10+,12?;;. The number of aromatic nitrogens is 3. The maximum atomic E-state index is 10.6. The van der Waals surface area contributed by atoms with Crippen LogP contribution in [0.4, 0.5) is 26.3 Å². The zero-order valence-electron chi connectivity index (χ0n) is 42.2. The Labute approximate surface area is 470 Å². The first-order valence-corrected chi connectivity index (χ1v) is 28.5. The van der Waals surface area contributed by atoms with Crippen LogP contribution in [0.15, 0.2) is 75.6 Å². The van der Waals surface area contributed by atoms with Crippen LogP contribution < -0.4 is 9.47 Å². The number of carbonyl (C=O) groups is 2. The van der Waals surface area contributed by atoms with Gasteiger partial charge in [-0.15, -0.1) is 35.3 Å². The number of alkyl halides is 6. The number of aromatic hydroxyl groups is 1. The van der Waals surface area contributed by atoms with Crippen LogP contribution in [0.2, 0.25) is 15.1 Å². The molecule has 6 aliphatic rings. The molecule has 0 radical (unpaired) electrons. The number of rotatable bonds is 11. The predicted octanol–water partition coefficient (Wildman–Crippen LogP) is 12.7. The Hall–Kier alpha value is -3.99. The normalized spacial score (nSPS) is 25.5. The van der Waals surface area contributed by atoms with Gasteiger partial charge in [0.05, 0.1) is 15.1 Å². The predicted molar refractivity (Wildman–Crippen MR) is 286 cm³/mol. The number of fused-ring (bicyclic) bond motifs is 6. The Morgan fingerprint density at radius 3 is 1.27 bits per heavy atom. The van der Waals surface area contributed by atoms with Crippen molar-refractivity contribution in [3.05, 3.63) is 81.8 Å². The van der Waals surface area contributed by atoms with Crippen LogP contribution in [0, 0.1) is 11.3 Å². The molecule has 6 bridgehead atoms. The summed E-state index contributed by atoms with van der Waals surface area (Å²) in [5.74, 6) is -3.15. The van der Waals surface area contributed by atoms with Gasteiger partial charge >= 0.3 is 24.3 Å². The number of phenolic OH excluding ortho intramolecular Hbond substituents is 1. The number of aliphatic carboxylic acids is 2. The molecule has 14 nitrogen and oxygen atoms in total. The summed E-state index contributed by atoms with van der Waals surface area (Å²) in [5.41, 5.74) is 0. The maximum Gasteiger partial charge on any atom is 0.490 e. The molecular formula is C51H60Cl3F6N7O7S3. The van der Waals surface area contributed by atoms with Crippen LogP contribution in [0.25, 0.3) is 0 Å². The van der Waals surface area contributed by atoms with Crippen molar-refractivity contribution in [1.29, 1.82) is 5.26 Å². The molecule has 422 valence electrons. The second-order valence-electron chi connectivity index (χ2n) is 19.4. The maximum absolute atomic E-state index is 10.6. The highest BCUT2D eigenvalue weighted by Crippen LogP contribution is 2.46. The highest BCUT2D eigenvalue weighted by Gasteiger charge is 2.42. The van der Waals surface area contributed by atoms with Gasteiger partial charge in [0.25, 0.3) is 0 Å². The molecule has 0 saturated carbocycles. The molecule has 26 heteroatoms. The molecular weight excluding hydrogens is 1140 g/mol. The van der Waals surface area contributed by atoms with Crippen molar-refractivity contribution in [3.63, 3.8) is 0 Å². The van der Waals surface area contributed by atoms with Crippen LogP contribution in [0.1, 0.15) is 82.9 Å². The van der Waals surface area contributed by atoms with E-state index >= 15 is 0 Å². The van der Waals surface area contributed by atoms with Crippen LogP contribution in [-0.2, 0) is 16.2 Å². The highest BCUT2D eigenvalue weighted by atomic mass is 35.5. The molecule has 4 N–H and O–H groups in total. The minimum atomic E-state index is -5.08. The number of thioether (sulfide) groups is 3. The van der Waals surface area contributed by atoms with Crippen LogP contribution in [0.5, 0.6) is 17.2 Å². The van der Waals surface area contributed by atoms with Gasteiger partial charge < -0.3 is 39.5 Å². The Kier molecular flexibility index (Phi) is 23.0. The summed E-state index contributed by atoms with van der Waals surface area (Å²) in [5, 5.41) is 42.9. The Morgan fingerprint density at radius 2 is 0.974 bits per heavy atom. The zero-order chi connectivity index (χ0) is 56.2. The number of phenols is 1. The number of nitriles is 1. The zero-order valence-corrected chi connectivity index (χ0v) is 46.9. The SMILES string of the molecule is CN1[C@@H]2CC[C@H]1CC(Sc1ccc(O)cc1Cl)C2.CN1[C@@H]2CC[C@H]1CC(Sc1ccc(OCC#N)cc1Cl)C2.CN1[C@@H]2CC[C@H]1CC(Sc1ccc(OCc3ncn[nH]3)cc1Cl)C2.O=C(O)C(F)(F)F.O=C(O)C(F)(F)F. The number of carboxylic acid groups (broad SMARTS) is 2. The van der Waals surface area contributed by atoms with Crippen molar-refractivity contribution in [2.75, 3.05) is 27.7 Å². The number of nitrogens with zero attached hydrogens (tertiary/aromatic N) is 6. The van der Waals surface area contributed by atoms with E-state index in [4.69, 9.17) is 69.3 Å². The number of benzene rings is 3. The molecule has 0 spiro atoms. The quantitative estimate of drug-likeness (QED) is 0.104. The Morgan fingerprint density at radius 1 is 0.636 bits per heavy atom. The highest BCUT2D eigenvalue weighted by molar-refractivity contribution is 8.00. The smallest absolute Gasteiger partial charge is 0.490 e. The lowest BCUT2D eigenvalue weighted by Crippen LogP contribution is -2.40. The van der Waals surface area contributed by atoms with Crippen molar-refractivity contribution in [2.24, 2.45) is 0 Å². The van der Waals surface area contributed by atoms with Crippen LogP contribution >= 0.6 is 70.1 Å². The van der Waals surface area contributed by atoms with Crippen molar-refractivity contribution in [1.82, 2.24) is 29.9 Å². The molecule has 0 amide bonds. The first-order chi connectivity index (χ1) is 36.4. The van der Waals surface area contributed by atoms with E-state index in [0.717, 1.165) is 66.7 Å². The number of hydrogen-bond acceptors (Lipinski definition) is 14. The second kappa shape index (κ2) is 28.4. The van der Waals surface area contributed by atoms with Crippen LogP contribution in [0.3, 0.4) is 0 Å². The molecule has 6 aliphatic heterocycles. The van der Waals surface area contributed by atoms with Gasteiger partial charge in [-0.25, -0.2) is 14.6 Å². The molecule has 1 aromatic heterocycles. The molecule has 3 aromatic carbocycles. The number of piperidine rings is 3. The van der Waals surface area contributed by atoms with Crippen LogP contribution in [-0.4, -0.2) is 149 Å². The van der Waals surface area contributed by atoms with Gasteiger partial charge in [0, 0.05) is 66.7 Å². The fraction of sp³-hybridized carbons (Fsp3) is 0.549. The van der Waals surface area contributed by atoms with Crippen molar-refractivity contribution >= 4 is 82.0 Å². The summed E-state index contributed by atoms with van der Waals surface area (Å²) in [6, 6.07) is 23.4. The van der Waals surface area contributed by atoms with Gasteiger partial charge in [0.15, 0.2) is 12.4 Å². The lowest BCUT2D eigenvalue weighted by atomic mass is 10.0. The summed E-state index contributed by atoms with van der Waals surface area (Å²) in [4.78, 5) is 32.9. The summed E-state index contributed by atoms with van der Waals surface area (Å²) >= 11 is 24.7. The van der Waals surface area contributed by atoms with Crippen molar-refractivity contribution in [3.8, 4) is 23.3 Å². The third-order valence-corrected chi connectivity index (χ3v) is 19.7. The van der Waals surface area contributed by atoms with E-state index in [1.54, 1.807) is 12.1 Å². The third kappa shape index (κ3) is 18.5. The van der Waals surface area contributed by atoms with Gasteiger partial charge in [-0.3, -0.25) is 5.10 Å². The molecule has 4 aromatic rings. The minimum absolute atomic E-state index is 0.0567. The number of hydrogen-bond donors (Lipinski definition) is 4. The number of H-pyrrole nitrogens is 1. The van der Waals surface area contributed by atoms with Crippen molar-refractivity contribution < 1.29 is 60.7 Å². The lowest BCUT2D eigenvalue weighted by Gasteiger charge is -2.36. The van der Waals surface area contributed by atoms with Crippen molar-refractivity contribution in [2.45, 2.75) is 163 Å². The molecule has 10 rings (SSSR count). The monoisotopic (exact) mass is 1200 g/mol. The topological polar surface area (TPSA) is 188 Å². The molecule has 3 unspecified atom stereocenters. The van der Waals surface area contributed by atoms with E-state index < -0.39 is 24.3 Å². The van der Waals surface area contributed by atoms with E-state index in [1.165, 1.54) is 83.4 Å². The largest absolute Gasteiger partial charge is 0.508 e. The van der Waals surface area contributed by atoms with E-state index in [0.29, 0.717) is 39.0 Å². The summed E-state index contributed by atoms with van der Waals surface area (Å²) in [6.07, 6.45) is 6.92. The fourth-order valence-electron chi connectivity index (χ4n) is 10.4. The summed E-state index contributed by atoms with van der Waals surface area (Å²) in [7, 11) is 6.80. The van der Waals surface area contributed by atoms with E-state index in [-0.39, 0.29) is 12.4 Å². The molecule has 77 heavy (non-hydrogen) atoms. The minimum Gasteiger partial charge on any atom is -0.508 e. The van der Waals surface area contributed by atoms with E-state index in [2.05, 4.69) is 57.1 Å². The number of halogens is 9. The summed E-state index contributed by atoms with van der Waals surface area (Å²) in [6.45, 7) is 0.419. The molecule has 7 heterocycles. The lowest BCUT2D eigenvalue weighted by molar-refractivity contribution is -0.193. The Balaban J connectivity index is 0.000000168. The molecule has 6 saturated heterocycles. The van der Waals surface area contributed by atoms with Gasteiger partial charge in [-0.05, 0) is 153 Å². The van der Waals surface area contributed by atoms with E-state index in [9.17, 15) is 31.4 Å². The second-order valence-corrected chi connectivity index (χ2v) is 24.6. The summed E-state index contributed by atoms with van der Waals surface area (Å²) < 4.78 is 74.5. The number of carboxylic acids is 2. The number of ether oxygens (including phenoxy) is 2. The average Bonchev–Trinajstić information content (AvgIpc) is 4.06.